The first-order valence-corrected chi connectivity index (χ1v) is 8.83. The number of rotatable bonds is 6. The average Bonchev–Trinajstić information content (AvgIpc) is 2.33. The van der Waals surface area contributed by atoms with Crippen molar-refractivity contribution in [2.75, 3.05) is 6.61 Å². The normalized spacial score (nSPS) is 11.4. The molecular weight excluding hydrogens is 312 g/mol. The summed E-state index contributed by atoms with van der Waals surface area (Å²) in [6.07, 6.45) is 1.42. The molecule has 0 radical (unpaired) electrons. The Labute approximate surface area is 131 Å². The summed E-state index contributed by atoms with van der Waals surface area (Å²) >= 11 is 0. The van der Waals surface area contributed by atoms with E-state index in [0.29, 0.717) is 11.3 Å². The Balaban J connectivity index is 2.83. The van der Waals surface area contributed by atoms with Crippen LogP contribution in [0.15, 0.2) is 15.8 Å². The third-order valence-corrected chi connectivity index (χ3v) is 5.47. The Morgan fingerprint density at radius 2 is 2.05 bits per heavy atom. The van der Waals surface area contributed by atoms with Gasteiger partial charge in [-0.15, -0.1) is 0 Å². The molecule has 0 saturated carbocycles. The maximum atomic E-state index is 11.8. The van der Waals surface area contributed by atoms with Crippen LogP contribution in [0.3, 0.4) is 0 Å². The third-order valence-electron chi connectivity index (χ3n) is 2.21. The molecule has 0 aliphatic rings. The molecule has 0 bridgehead atoms. The Morgan fingerprint density at radius 1 is 1.38 bits per heavy atom. The van der Waals surface area contributed by atoms with Gasteiger partial charge in [-0.3, -0.25) is 19.1 Å². The molecule has 0 fully saturated rings. The van der Waals surface area contributed by atoms with Crippen LogP contribution < -0.4 is 11.2 Å². The summed E-state index contributed by atoms with van der Waals surface area (Å²) in [5.74, 6) is -0.0466. The fourth-order valence-corrected chi connectivity index (χ4v) is 3.75. The number of aromatic nitrogens is 2. The molecule has 0 atom stereocenters. The first kappa shape index (κ1) is 17.9. The van der Waals surface area contributed by atoms with Gasteiger partial charge in [0, 0.05) is 22.3 Å². The number of carbonyl (C=O) groups is 1. The zero-order chi connectivity index (χ0) is 16.0. The second-order valence-electron chi connectivity index (χ2n) is 5.30. The number of H-pyrrole nitrogens is 1. The lowest BCUT2D eigenvalue weighted by Gasteiger charge is -2.16. The van der Waals surface area contributed by atoms with Gasteiger partial charge in [0.2, 0.25) is 0 Å². The van der Waals surface area contributed by atoms with Crippen molar-refractivity contribution in [2.24, 2.45) is 0 Å². The second kappa shape index (κ2) is 7.74. The monoisotopic (exact) mass is 332 g/mol. The number of hydrogen-bond donors (Lipinski definition) is 1. The molecule has 6 nitrogen and oxygen atoms in total. The Bertz CT molecular complexity index is 601. The summed E-state index contributed by atoms with van der Waals surface area (Å²) < 4.78 is 6.04. The van der Waals surface area contributed by atoms with E-state index in [4.69, 9.17) is 4.74 Å². The molecule has 0 spiro atoms. The number of esters is 1. The predicted octanol–water partition coefficient (Wildman–Crippen LogP) is 1.78. The Hall–Kier alpha value is -1.15. The first-order valence-electron chi connectivity index (χ1n) is 6.52. The van der Waals surface area contributed by atoms with Crippen LogP contribution in [-0.2, 0) is 21.8 Å². The van der Waals surface area contributed by atoms with Gasteiger partial charge in [-0.25, -0.2) is 4.79 Å². The summed E-state index contributed by atoms with van der Waals surface area (Å²) in [6, 6.07) is 0. The molecule has 1 heterocycles. The van der Waals surface area contributed by atoms with Crippen LogP contribution in [0.5, 0.6) is 0 Å². The highest BCUT2D eigenvalue weighted by molar-refractivity contribution is 8.76. The Kier molecular flexibility index (Phi) is 6.60. The van der Waals surface area contributed by atoms with E-state index in [0.717, 1.165) is 4.57 Å². The number of nitrogens with one attached hydrogen (secondary N) is 1. The van der Waals surface area contributed by atoms with Crippen LogP contribution in [0.25, 0.3) is 0 Å². The van der Waals surface area contributed by atoms with Crippen molar-refractivity contribution < 1.29 is 9.53 Å². The maximum absolute atomic E-state index is 11.8. The van der Waals surface area contributed by atoms with Crippen LogP contribution >= 0.6 is 21.6 Å². The molecule has 0 saturated heterocycles. The molecule has 0 aliphatic carbocycles. The highest BCUT2D eigenvalue weighted by Gasteiger charge is 2.13. The standard InChI is InChI=1S/C13H20N2O4S2/c1-5-19-10(16)7-15-6-9(11(17)14-12(15)18)8-20-21-13(2,3)4/h6H,5,7-8H2,1-4H3,(H,14,17,18). The quantitative estimate of drug-likeness (QED) is 0.632. The molecular formula is C13H20N2O4S2. The molecule has 0 amide bonds. The molecule has 1 rings (SSSR count). The number of carbonyl (C=O) groups excluding carboxylic acids is 1. The number of nitrogens with zero attached hydrogens (tertiary/aromatic N) is 1. The van der Waals surface area contributed by atoms with E-state index in [1.807, 2.05) is 0 Å². The average molecular weight is 332 g/mol. The summed E-state index contributed by atoms with van der Waals surface area (Å²) in [5.41, 5.74) is -0.562. The van der Waals surface area contributed by atoms with Crippen LogP contribution in [0.1, 0.15) is 33.3 Å². The van der Waals surface area contributed by atoms with Crippen molar-refractivity contribution >= 4 is 27.6 Å². The van der Waals surface area contributed by atoms with E-state index in [2.05, 4.69) is 25.8 Å². The molecule has 0 unspecified atom stereocenters. The first-order chi connectivity index (χ1) is 9.73. The number of aromatic amines is 1. The van der Waals surface area contributed by atoms with Gasteiger partial charge in [0.25, 0.3) is 5.56 Å². The van der Waals surface area contributed by atoms with Crippen molar-refractivity contribution in [1.29, 1.82) is 0 Å². The minimum absolute atomic E-state index is 0.0802. The van der Waals surface area contributed by atoms with Crippen LogP contribution in [-0.4, -0.2) is 26.9 Å². The fourth-order valence-electron chi connectivity index (χ4n) is 1.39. The lowest BCUT2D eigenvalue weighted by Crippen LogP contribution is -2.33. The maximum Gasteiger partial charge on any atom is 0.328 e. The van der Waals surface area contributed by atoms with Crippen molar-refractivity contribution in [1.82, 2.24) is 9.55 Å². The van der Waals surface area contributed by atoms with Crippen molar-refractivity contribution in [3.05, 3.63) is 32.6 Å². The Morgan fingerprint density at radius 3 is 2.62 bits per heavy atom. The van der Waals surface area contributed by atoms with Crippen molar-refractivity contribution in [3.63, 3.8) is 0 Å². The van der Waals surface area contributed by atoms with Gasteiger partial charge in [-0.05, 0) is 6.92 Å². The van der Waals surface area contributed by atoms with E-state index in [-0.39, 0.29) is 17.9 Å². The lowest BCUT2D eigenvalue weighted by atomic mass is 10.3. The molecule has 1 aromatic heterocycles. The van der Waals surface area contributed by atoms with Crippen LogP contribution in [0, 0.1) is 0 Å². The molecule has 118 valence electrons. The van der Waals surface area contributed by atoms with Gasteiger partial charge < -0.3 is 4.74 Å². The van der Waals surface area contributed by atoms with Gasteiger partial charge in [0.15, 0.2) is 0 Å². The molecule has 0 aliphatic heterocycles. The third kappa shape index (κ3) is 6.43. The van der Waals surface area contributed by atoms with E-state index >= 15 is 0 Å². The largest absolute Gasteiger partial charge is 0.465 e. The zero-order valence-electron chi connectivity index (χ0n) is 12.6. The van der Waals surface area contributed by atoms with Gasteiger partial charge in [-0.1, -0.05) is 42.4 Å². The lowest BCUT2D eigenvalue weighted by molar-refractivity contribution is -0.143. The van der Waals surface area contributed by atoms with E-state index < -0.39 is 17.2 Å². The number of ether oxygens (including phenoxy) is 1. The summed E-state index contributed by atoms with van der Waals surface area (Å²) in [6.45, 7) is 7.98. The van der Waals surface area contributed by atoms with Crippen molar-refractivity contribution in [3.8, 4) is 0 Å². The minimum Gasteiger partial charge on any atom is -0.465 e. The van der Waals surface area contributed by atoms with Gasteiger partial charge >= 0.3 is 11.7 Å². The SMILES string of the molecule is CCOC(=O)Cn1cc(CSSC(C)(C)C)c(=O)[nH]c1=O. The topological polar surface area (TPSA) is 81.2 Å². The van der Waals surface area contributed by atoms with E-state index in [9.17, 15) is 14.4 Å². The van der Waals surface area contributed by atoms with Crippen LogP contribution in [0.4, 0.5) is 0 Å². The molecule has 21 heavy (non-hydrogen) atoms. The smallest absolute Gasteiger partial charge is 0.328 e. The zero-order valence-corrected chi connectivity index (χ0v) is 14.2. The minimum atomic E-state index is -0.606. The second-order valence-corrected chi connectivity index (χ2v) is 8.43. The fraction of sp³-hybridized carbons (Fsp3) is 0.615. The molecule has 8 heteroatoms. The molecule has 1 aromatic rings. The number of hydrogen-bond acceptors (Lipinski definition) is 6. The summed E-state index contributed by atoms with van der Waals surface area (Å²) in [5, 5.41) is 0. The van der Waals surface area contributed by atoms with Crippen molar-refractivity contribution in [2.45, 2.75) is 44.7 Å². The summed E-state index contributed by atoms with van der Waals surface area (Å²) in [7, 11) is 3.19. The highest BCUT2D eigenvalue weighted by atomic mass is 33.1. The van der Waals surface area contributed by atoms with Gasteiger partial charge in [-0.2, -0.15) is 0 Å². The summed E-state index contributed by atoms with van der Waals surface area (Å²) in [4.78, 5) is 37.1. The highest BCUT2D eigenvalue weighted by Crippen LogP contribution is 2.36. The van der Waals surface area contributed by atoms with E-state index in [1.165, 1.54) is 17.0 Å². The predicted molar refractivity (Wildman–Crippen MR) is 86.6 cm³/mol. The molecule has 0 aromatic carbocycles. The van der Waals surface area contributed by atoms with Gasteiger partial charge in [0.1, 0.15) is 6.54 Å². The molecule has 1 N–H and O–H groups in total. The van der Waals surface area contributed by atoms with Gasteiger partial charge in [0.05, 0.1) is 6.61 Å². The van der Waals surface area contributed by atoms with Crippen LogP contribution in [0.2, 0.25) is 0 Å². The van der Waals surface area contributed by atoms with E-state index in [1.54, 1.807) is 17.7 Å².